The van der Waals surface area contributed by atoms with E-state index in [0.717, 1.165) is 24.8 Å². The van der Waals surface area contributed by atoms with Crippen molar-refractivity contribution in [3.63, 3.8) is 0 Å². The first-order valence-electron chi connectivity index (χ1n) is 5.63. The standard InChI is InChI=1S/C14H20O/c1-5-11(3)14(15)9-13(4)7-6-12(14)10(2)8-13/h5,12,15H,1-3,6-9H2,4H3. The summed E-state index contributed by atoms with van der Waals surface area (Å²) < 4.78 is 0. The van der Waals surface area contributed by atoms with Gasteiger partial charge in [-0.05, 0) is 36.7 Å². The molecule has 3 rings (SSSR count). The van der Waals surface area contributed by atoms with E-state index in [-0.39, 0.29) is 11.3 Å². The lowest BCUT2D eigenvalue weighted by atomic mass is 9.52. The fourth-order valence-corrected chi connectivity index (χ4v) is 3.47. The van der Waals surface area contributed by atoms with Gasteiger partial charge in [0, 0.05) is 5.92 Å². The van der Waals surface area contributed by atoms with Gasteiger partial charge in [-0.3, -0.25) is 0 Å². The molecule has 0 saturated heterocycles. The van der Waals surface area contributed by atoms with E-state index in [2.05, 4.69) is 26.7 Å². The van der Waals surface area contributed by atoms with Crippen LogP contribution in [-0.2, 0) is 0 Å². The van der Waals surface area contributed by atoms with Crippen molar-refractivity contribution in [2.75, 3.05) is 0 Å². The molecule has 3 aliphatic carbocycles. The van der Waals surface area contributed by atoms with Crippen molar-refractivity contribution >= 4 is 0 Å². The average Bonchev–Trinajstić information content (AvgIpc) is 2.14. The van der Waals surface area contributed by atoms with Gasteiger partial charge in [-0.25, -0.2) is 0 Å². The van der Waals surface area contributed by atoms with Gasteiger partial charge in [0.25, 0.3) is 0 Å². The summed E-state index contributed by atoms with van der Waals surface area (Å²) in [4.78, 5) is 0. The maximum atomic E-state index is 10.7. The highest BCUT2D eigenvalue weighted by atomic mass is 16.3. The molecule has 15 heavy (non-hydrogen) atoms. The van der Waals surface area contributed by atoms with Gasteiger partial charge in [0.15, 0.2) is 0 Å². The zero-order valence-electron chi connectivity index (χ0n) is 9.55. The fourth-order valence-electron chi connectivity index (χ4n) is 3.47. The van der Waals surface area contributed by atoms with Crippen molar-refractivity contribution in [3.05, 3.63) is 37.0 Å². The summed E-state index contributed by atoms with van der Waals surface area (Å²) in [6.45, 7) is 14.0. The number of hydrogen-bond donors (Lipinski definition) is 1. The molecule has 2 bridgehead atoms. The van der Waals surface area contributed by atoms with Gasteiger partial charge in [-0.1, -0.05) is 38.3 Å². The minimum absolute atomic E-state index is 0.199. The summed E-state index contributed by atoms with van der Waals surface area (Å²) in [5.74, 6) is 0.199. The second kappa shape index (κ2) is 3.08. The summed E-state index contributed by atoms with van der Waals surface area (Å²) in [7, 11) is 0. The Morgan fingerprint density at radius 3 is 2.73 bits per heavy atom. The zero-order valence-corrected chi connectivity index (χ0v) is 9.55. The topological polar surface area (TPSA) is 20.2 Å². The van der Waals surface area contributed by atoms with E-state index in [9.17, 15) is 5.11 Å². The molecule has 1 heteroatoms. The second-order valence-electron chi connectivity index (χ2n) is 5.57. The van der Waals surface area contributed by atoms with Gasteiger partial charge < -0.3 is 5.11 Å². The van der Waals surface area contributed by atoms with Crippen LogP contribution in [0.2, 0.25) is 0 Å². The number of aliphatic hydroxyl groups is 1. The largest absolute Gasteiger partial charge is 0.385 e. The van der Waals surface area contributed by atoms with Gasteiger partial charge in [0.1, 0.15) is 0 Å². The Morgan fingerprint density at radius 2 is 2.27 bits per heavy atom. The van der Waals surface area contributed by atoms with Crippen molar-refractivity contribution < 1.29 is 5.11 Å². The summed E-state index contributed by atoms with van der Waals surface area (Å²) in [5, 5.41) is 10.7. The van der Waals surface area contributed by atoms with Crippen molar-refractivity contribution in [1.29, 1.82) is 0 Å². The van der Waals surface area contributed by atoms with Crippen LogP contribution < -0.4 is 0 Å². The van der Waals surface area contributed by atoms with Crippen molar-refractivity contribution in [1.82, 2.24) is 0 Å². The Hall–Kier alpha value is -0.820. The first-order chi connectivity index (χ1) is 6.91. The van der Waals surface area contributed by atoms with Crippen molar-refractivity contribution in [2.24, 2.45) is 11.3 Å². The van der Waals surface area contributed by atoms with Crippen LogP contribution >= 0.6 is 0 Å². The van der Waals surface area contributed by atoms with Gasteiger partial charge >= 0.3 is 0 Å². The summed E-state index contributed by atoms with van der Waals surface area (Å²) in [6, 6.07) is 0. The first-order valence-corrected chi connectivity index (χ1v) is 5.63. The van der Waals surface area contributed by atoms with E-state index in [4.69, 9.17) is 0 Å². The van der Waals surface area contributed by atoms with Gasteiger partial charge in [-0.2, -0.15) is 0 Å². The molecule has 0 spiro atoms. The molecule has 82 valence electrons. The zero-order chi connectivity index (χ0) is 11.3. The first kappa shape index (κ1) is 10.7. The average molecular weight is 204 g/mol. The van der Waals surface area contributed by atoms with E-state index < -0.39 is 5.60 Å². The fraction of sp³-hybridized carbons (Fsp3) is 0.571. The molecular weight excluding hydrogens is 184 g/mol. The Bertz CT molecular complexity index is 341. The smallest absolute Gasteiger partial charge is 0.0960 e. The van der Waals surface area contributed by atoms with Crippen LogP contribution in [0.3, 0.4) is 0 Å². The molecule has 1 N–H and O–H groups in total. The predicted octanol–water partition coefficient (Wildman–Crippen LogP) is 3.23. The molecule has 0 heterocycles. The molecule has 1 nitrogen and oxygen atoms in total. The highest BCUT2D eigenvalue weighted by Gasteiger charge is 2.53. The molecular formula is C14H20O. The van der Waals surface area contributed by atoms with Crippen LogP contribution in [0, 0.1) is 11.3 Å². The second-order valence-corrected chi connectivity index (χ2v) is 5.57. The van der Waals surface area contributed by atoms with Crippen molar-refractivity contribution in [2.45, 2.75) is 38.2 Å². The lowest BCUT2D eigenvalue weighted by Gasteiger charge is -2.55. The molecule has 0 radical (unpaired) electrons. The monoisotopic (exact) mass is 204 g/mol. The molecule has 3 aliphatic rings. The highest BCUT2D eigenvalue weighted by Crippen LogP contribution is 2.58. The molecule has 0 aromatic rings. The van der Waals surface area contributed by atoms with Crippen LogP contribution in [-0.4, -0.2) is 10.7 Å². The molecule has 3 fully saturated rings. The SMILES string of the molecule is C=CC(=C)C1(O)CC2(C)CCC1C(=C)C2. The molecule has 0 aromatic heterocycles. The number of rotatable bonds is 2. The summed E-state index contributed by atoms with van der Waals surface area (Å²) in [6.07, 6.45) is 5.80. The highest BCUT2D eigenvalue weighted by molar-refractivity contribution is 5.34. The molecule has 0 aliphatic heterocycles. The van der Waals surface area contributed by atoms with Crippen LogP contribution in [0.25, 0.3) is 0 Å². The third-order valence-electron chi connectivity index (χ3n) is 4.26. The molecule has 0 amide bonds. The maximum Gasteiger partial charge on any atom is 0.0960 e. The van der Waals surface area contributed by atoms with E-state index in [1.54, 1.807) is 6.08 Å². The summed E-state index contributed by atoms with van der Waals surface area (Å²) in [5.41, 5.74) is 1.40. The maximum absolute atomic E-state index is 10.7. The lowest BCUT2D eigenvalue weighted by molar-refractivity contribution is -0.0725. The van der Waals surface area contributed by atoms with Crippen LogP contribution in [0.4, 0.5) is 0 Å². The summed E-state index contributed by atoms with van der Waals surface area (Å²) >= 11 is 0. The van der Waals surface area contributed by atoms with Gasteiger partial charge in [0.2, 0.25) is 0 Å². The Balaban J connectivity index is 2.40. The molecule has 3 unspecified atom stereocenters. The Kier molecular flexibility index (Phi) is 2.20. The number of hydrogen-bond acceptors (Lipinski definition) is 1. The third-order valence-corrected chi connectivity index (χ3v) is 4.26. The van der Waals surface area contributed by atoms with E-state index in [0.29, 0.717) is 0 Å². The van der Waals surface area contributed by atoms with Gasteiger partial charge in [-0.15, -0.1) is 0 Å². The van der Waals surface area contributed by atoms with Crippen LogP contribution in [0.1, 0.15) is 32.6 Å². The Morgan fingerprint density at radius 1 is 1.60 bits per heavy atom. The van der Waals surface area contributed by atoms with Crippen LogP contribution in [0.5, 0.6) is 0 Å². The van der Waals surface area contributed by atoms with Crippen molar-refractivity contribution in [3.8, 4) is 0 Å². The lowest BCUT2D eigenvalue weighted by Crippen LogP contribution is -2.53. The van der Waals surface area contributed by atoms with Gasteiger partial charge in [0.05, 0.1) is 5.60 Å². The van der Waals surface area contributed by atoms with E-state index in [1.165, 1.54) is 12.0 Å². The molecule has 3 atom stereocenters. The van der Waals surface area contributed by atoms with Crippen LogP contribution in [0.15, 0.2) is 37.0 Å². The van der Waals surface area contributed by atoms with E-state index >= 15 is 0 Å². The molecule has 3 saturated carbocycles. The quantitative estimate of drug-likeness (QED) is 0.541. The Labute approximate surface area is 92.2 Å². The third kappa shape index (κ3) is 1.41. The predicted molar refractivity (Wildman–Crippen MR) is 63.5 cm³/mol. The normalized spacial score (nSPS) is 44.1. The molecule has 0 aromatic carbocycles. The minimum atomic E-state index is -0.774. The minimum Gasteiger partial charge on any atom is -0.385 e. The van der Waals surface area contributed by atoms with E-state index in [1.807, 2.05) is 0 Å². The number of fused-ring (bicyclic) bond motifs is 3.